The van der Waals surface area contributed by atoms with Gasteiger partial charge in [-0.3, -0.25) is 4.79 Å². The van der Waals surface area contributed by atoms with Gasteiger partial charge in [-0.05, 0) is 72.4 Å². The average Bonchev–Trinajstić information content (AvgIpc) is 2.75. The largest absolute Gasteiger partial charge is 0.494 e. The molecule has 0 heterocycles. The zero-order valence-electron chi connectivity index (χ0n) is 19.2. The Kier molecular flexibility index (Phi) is 9.65. The number of thiocarbonyl (C=S) groups is 1. The first kappa shape index (κ1) is 25.3. The van der Waals surface area contributed by atoms with Gasteiger partial charge < -0.3 is 20.1 Å². The number of hydrogen-bond donors (Lipinski definition) is 2. The molecule has 2 N–H and O–H groups in total. The fraction of sp³-hybridized carbons (Fsp3) is 0.400. The van der Waals surface area contributed by atoms with E-state index in [0.717, 1.165) is 12.2 Å². The van der Waals surface area contributed by atoms with Crippen LogP contribution in [0.1, 0.15) is 62.9 Å². The molecule has 7 heteroatoms. The summed E-state index contributed by atoms with van der Waals surface area (Å²) in [6.07, 6.45) is 1.64. The summed E-state index contributed by atoms with van der Waals surface area (Å²) in [4.78, 5) is 23.9. The quantitative estimate of drug-likeness (QED) is 0.306. The van der Waals surface area contributed by atoms with Gasteiger partial charge in [-0.2, -0.15) is 0 Å². The Morgan fingerprint density at radius 1 is 0.969 bits per heavy atom. The Morgan fingerprint density at radius 2 is 1.62 bits per heavy atom. The molecule has 32 heavy (non-hydrogen) atoms. The molecule has 0 aliphatic rings. The maximum Gasteiger partial charge on any atom is 0.338 e. The molecule has 0 saturated heterocycles. The second kappa shape index (κ2) is 12.2. The first-order valence-corrected chi connectivity index (χ1v) is 11.2. The first-order valence-electron chi connectivity index (χ1n) is 10.8. The molecule has 0 saturated carbocycles. The van der Waals surface area contributed by atoms with Crippen LogP contribution >= 0.6 is 12.2 Å². The lowest BCUT2D eigenvalue weighted by Gasteiger charge is -2.19. The molecule has 0 atom stereocenters. The standard InChI is InChI=1S/C25H32N2O4S/c1-5-16-31-23(29)18-8-12-20(13-9-18)26-24(32)27-22(28)7-6-17-30-21-14-10-19(11-15-21)25(2,3)4/h8-15H,5-7,16-17H2,1-4H3,(H2,26,27,28,32). The van der Waals surface area contributed by atoms with Gasteiger partial charge in [0, 0.05) is 12.1 Å². The topological polar surface area (TPSA) is 76.7 Å². The van der Waals surface area contributed by atoms with Crippen LogP contribution in [0.4, 0.5) is 5.69 Å². The van der Waals surface area contributed by atoms with Gasteiger partial charge in [-0.1, -0.05) is 39.8 Å². The summed E-state index contributed by atoms with van der Waals surface area (Å²) < 4.78 is 10.8. The van der Waals surface area contributed by atoms with Gasteiger partial charge >= 0.3 is 5.97 Å². The molecule has 0 fully saturated rings. The Labute approximate surface area is 195 Å². The van der Waals surface area contributed by atoms with Crippen LogP contribution < -0.4 is 15.4 Å². The average molecular weight is 457 g/mol. The smallest absolute Gasteiger partial charge is 0.338 e. The van der Waals surface area contributed by atoms with E-state index in [2.05, 4.69) is 43.5 Å². The number of carbonyl (C=O) groups is 2. The Morgan fingerprint density at radius 3 is 2.22 bits per heavy atom. The number of anilines is 1. The number of ether oxygens (including phenoxy) is 2. The summed E-state index contributed by atoms with van der Waals surface area (Å²) in [6, 6.07) is 14.7. The van der Waals surface area contributed by atoms with Gasteiger partial charge in [0.25, 0.3) is 0 Å². The summed E-state index contributed by atoms with van der Waals surface area (Å²) >= 11 is 5.19. The van der Waals surface area contributed by atoms with Crippen molar-refractivity contribution >= 4 is 34.9 Å². The highest BCUT2D eigenvalue weighted by Gasteiger charge is 2.13. The third-order valence-corrected chi connectivity index (χ3v) is 4.81. The highest BCUT2D eigenvalue weighted by atomic mass is 32.1. The van der Waals surface area contributed by atoms with E-state index in [4.69, 9.17) is 21.7 Å². The second-order valence-corrected chi connectivity index (χ2v) is 8.85. The molecule has 0 aromatic heterocycles. The molecule has 2 rings (SSSR count). The molecule has 0 aliphatic heterocycles. The zero-order chi connectivity index (χ0) is 23.6. The second-order valence-electron chi connectivity index (χ2n) is 8.44. The normalized spacial score (nSPS) is 10.9. The summed E-state index contributed by atoms with van der Waals surface area (Å²) in [7, 11) is 0. The van der Waals surface area contributed by atoms with Crippen molar-refractivity contribution in [3.63, 3.8) is 0 Å². The molecular weight excluding hydrogens is 424 g/mol. The molecule has 172 valence electrons. The SMILES string of the molecule is CCCOC(=O)c1ccc(NC(=S)NC(=O)CCCOc2ccc(C(C)(C)C)cc2)cc1. The first-order chi connectivity index (χ1) is 15.2. The highest BCUT2D eigenvalue weighted by Crippen LogP contribution is 2.24. The molecular formula is C25H32N2O4S. The molecule has 6 nitrogen and oxygen atoms in total. The van der Waals surface area contributed by atoms with Gasteiger partial charge in [0.1, 0.15) is 5.75 Å². The van der Waals surface area contributed by atoms with Crippen LogP contribution in [0.25, 0.3) is 0 Å². The maximum absolute atomic E-state index is 12.1. The van der Waals surface area contributed by atoms with Crippen molar-refractivity contribution in [3.05, 3.63) is 59.7 Å². The van der Waals surface area contributed by atoms with Crippen LogP contribution in [-0.4, -0.2) is 30.2 Å². The lowest BCUT2D eigenvalue weighted by atomic mass is 9.87. The van der Waals surface area contributed by atoms with E-state index in [1.807, 2.05) is 19.1 Å². The van der Waals surface area contributed by atoms with Gasteiger partial charge in [0.05, 0.1) is 18.8 Å². The van der Waals surface area contributed by atoms with Crippen molar-refractivity contribution in [3.8, 4) is 5.75 Å². The lowest BCUT2D eigenvalue weighted by Crippen LogP contribution is -2.34. The minimum absolute atomic E-state index is 0.103. The molecule has 0 aliphatic carbocycles. The molecule has 0 spiro atoms. The zero-order valence-corrected chi connectivity index (χ0v) is 20.0. The number of esters is 1. The molecule has 0 unspecified atom stereocenters. The number of benzene rings is 2. The molecule has 1 amide bonds. The van der Waals surface area contributed by atoms with Crippen LogP contribution in [0.15, 0.2) is 48.5 Å². The fourth-order valence-electron chi connectivity index (χ4n) is 2.79. The summed E-state index contributed by atoms with van der Waals surface area (Å²) in [5.41, 5.74) is 2.48. The van der Waals surface area contributed by atoms with Crippen LogP contribution in [0.3, 0.4) is 0 Å². The summed E-state index contributed by atoms with van der Waals surface area (Å²) in [5, 5.41) is 5.79. The van der Waals surface area contributed by atoms with E-state index in [-0.39, 0.29) is 22.4 Å². The van der Waals surface area contributed by atoms with E-state index >= 15 is 0 Å². The summed E-state index contributed by atoms with van der Waals surface area (Å²) in [5.74, 6) is 0.244. The van der Waals surface area contributed by atoms with Crippen LogP contribution in [0, 0.1) is 0 Å². The number of amides is 1. The molecule has 2 aromatic rings. The minimum Gasteiger partial charge on any atom is -0.494 e. The lowest BCUT2D eigenvalue weighted by molar-refractivity contribution is -0.119. The molecule has 0 radical (unpaired) electrons. The van der Waals surface area contributed by atoms with E-state index in [9.17, 15) is 9.59 Å². The van der Waals surface area contributed by atoms with Gasteiger partial charge in [-0.15, -0.1) is 0 Å². The van der Waals surface area contributed by atoms with Crippen LogP contribution in [0.5, 0.6) is 5.75 Å². The van der Waals surface area contributed by atoms with E-state index < -0.39 is 0 Å². The maximum atomic E-state index is 12.1. The van der Waals surface area contributed by atoms with Crippen molar-refractivity contribution in [2.75, 3.05) is 18.5 Å². The predicted molar refractivity (Wildman–Crippen MR) is 131 cm³/mol. The van der Waals surface area contributed by atoms with Gasteiger partial charge in [0.15, 0.2) is 5.11 Å². The van der Waals surface area contributed by atoms with Crippen molar-refractivity contribution in [2.45, 2.75) is 52.4 Å². The van der Waals surface area contributed by atoms with Crippen molar-refractivity contribution in [1.82, 2.24) is 5.32 Å². The van der Waals surface area contributed by atoms with E-state index in [1.54, 1.807) is 24.3 Å². The van der Waals surface area contributed by atoms with Crippen molar-refractivity contribution in [2.24, 2.45) is 0 Å². The highest BCUT2D eigenvalue weighted by molar-refractivity contribution is 7.80. The number of carbonyl (C=O) groups excluding carboxylic acids is 2. The fourth-order valence-corrected chi connectivity index (χ4v) is 3.02. The monoisotopic (exact) mass is 456 g/mol. The van der Waals surface area contributed by atoms with Crippen LogP contribution in [-0.2, 0) is 14.9 Å². The van der Waals surface area contributed by atoms with Crippen LogP contribution in [0.2, 0.25) is 0 Å². The number of nitrogens with one attached hydrogen (secondary N) is 2. The minimum atomic E-state index is -0.360. The van der Waals surface area contributed by atoms with E-state index in [1.165, 1.54) is 5.56 Å². The predicted octanol–water partition coefficient (Wildman–Crippen LogP) is 5.22. The van der Waals surface area contributed by atoms with Gasteiger partial charge in [-0.25, -0.2) is 4.79 Å². The molecule has 2 aromatic carbocycles. The third-order valence-electron chi connectivity index (χ3n) is 4.61. The Balaban J connectivity index is 1.68. The number of hydrogen-bond acceptors (Lipinski definition) is 5. The van der Waals surface area contributed by atoms with E-state index in [0.29, 0.717) is 37.3 Å². The van der Waals surface area contributed by atoms with Crippen molar-refractivity contribution in [1.29, 1.82) is 0 Å². The Hall–Kier alpha value is -2.93. The Bertz CT molecular complexity index is 903. The molecule has 0 bridgehead atoms. The van der Waals surface area contributed by atoms with Crippen molar-refractivity contribution < 1.29 is 19.1 Å². The number of rotatable bonds is 9. The third kappa shape index (κ3) is 8.67. The summed E-state index contributed by atoms with van der Waals surface area (Å²) in [6.45, 7) is 9.27. The van der Waals surface area contributed by atoms with Gasteiger partial charge in [0.2, 0.25) is 5.91 Å².